The number of amides is 2. The van der Waals surface area contributed by atoms with Crippen molar-refractivity contribution in [1.29, 1.82) is 0 Å². The lowest BCUT2D eigenvalue weighted by Crippen LogP contribution is -2.45. The molecule has 2 N–H and O–H groups in total. The van der Waals surface area contributed by atoms with Crippen molar-refractivity contribution < 1.29 is 28.7 Å². The Morgan fingerprint density at radius 2 is 1.85 bits per heavy atom. The average Bonchev–Trinajstić information content (AvgIpc) is 2.79. The second-order valence-corrected chi connectivity index (χ2v) is 8.86. The van der Waals surface area contributed by atoms with E-state index in [1.807, 2.05) is 44.2 Å². The zero-order valence-electron chi connectivity index (χ0n) is 19.6. The molecule has 8 heteroatoms. The molecule has 0 aromatic heterocycles. The molecule has 2 rings (SSSR count). The Labute approximate surface area is 195 Å². The van der Waals surface area contributed by atoms with Crippen LogP contribution in [-0.2, 0) is 30.5 Å². The van der Waals surface area contributed by atoms with E-state index >= 15 is 0 Å². The molecule has 0 bridgehead atoms. The van der Waals surface area contributed by atoms with E-state index in [4.69, 9.17) is 9.47 Å². The lowest BCUT2D eigenvalue weighted by Gasteiger charge is -2.22. The fourth-order valence-corrected chi connectivity index (χ4v) is 3.64. The first-order valence-corrected chi connectivity index (χ1v) is 11.8. The van der Waals surface area contributed by atoms with Gasteiger partial charge in [0.05, 0.1) is 18.6 Å². The summed E-state index contributed by atoms with van der Waals surface area (Å²) in [7, 11) is 0. The first-order chi connectivity index (χ1) is 15.9. The van der Waals surface area contributed by atoms with Gasteiger partial charge in [-0.3, -0.25) is 14.4 Å². The minimum absolute atomic E-state index is 0.00481. The van der Waals surface area contributed by atoms with Gasteiger partial charge in [0.25, 0.3) is 5.91 Å². The van der Waals surface area contributed by atoms with Gasteiger partial charge in [0.1, 0.15) is 6.61 Å². The summed E-state index contributed by atoms with van der Waals surface area (Å²) < 4.78 is 10.9. The summed E-state index contributed by atoms with van der Waals surface area (Å²) in [6.45, 7) is 4.90. The fourth-order valence-electron chi connectivity index (χ4n) is 3.64. The topological polar surface area (TPSA) is 111 Å². The van der Waals surface area contributed by atoms with E-state index in [1.165, 1.54) is 0 Å². The molecule has 0 radical (unpaired) electrons. The van der Waals surface area contributed by atoms with E-state index in [0.29, 0.717) is 19.6 Å². The lowest BCUT2D eigenvalue weighted by atomic mass is 9.91. The first-order valence-electron chi connectivity index (χ1n) is 11.8. The van der Waals surface area contributed by atoms with Crippen molar-refractivity contribution in [1.82, 2.24) is 10.6 Å². The van der Waals surface area contributed by atoms with E-state index in [-0.39, 0.29) is 31.3 Å². The van der Waals surface area contributed by atoms with E-state index in [9.17, 15) is 19.2 Å². The van der Waals surface area contributed by atoms with Gasteiger partial charge in [0.15, 0.2) is 5.78 Å². The maximum Gasteiger partial charge on any atom is 0.408 e. The summed E-state index contributed by atoms with van der Waals surface area (Å²) in [5, 5.41) is 5.27. The third-order valence-corrected chi connectivity index (χ3v) is 5.46. The van der Waals surface area contributed by atoms with Crippen LogP contribution in [0.1, 0.15) is 57.9 Å². The number of hydrogen-bond donors (Lipinski definition) is 2. The van der Waals surface area contributed by atoms with Crippen LogP contribution in [-0.4, -0.2) is 49.4 Å². The monoisotopic (exact) mass is 460 g/mol. The minimum Gasteiger partial charge on any atom is -0.445 e. The number of nitrogens with one attached hydrogen (secondary N) is 2. The number of Topliss-reactive ketones (excluding diaryl/α,β-unsaturated/α-hetero) is 2. The number of carbonyl (C=O) groups excluding carboxylic acids is 4. The van der Waals surface area contributed by atoms with Gasteiger partial charge in [-0.1, -0.05) is 57.0 Å². The van der Waals surface area contributed by atoms with Crippen LogP contribution >= 0.6 is 0 Å². The lowest BCUT2D eigenvalue weighted by molar-refractivity contribution is -0.142. The molecule has 2 unspecified atom stereocenters. The van der Waals surface area contributed by atoms with Crippen molar-refractivity contribution in [3.05, 3.63) is 35.9 Å². The van der Waals surface area contributed by atoms with Crippen LogP contribution < -0.4 is 10.6 Å². The van der Waals surface area contributed by atoms with Crippen molar-refractivity contribution >= 4 is 23.6 Å². The SMILES string of the molecule is CC(C)CC(NC(=O)OCc1ccccc1)C(=O)CC1COCCCCCCNC(=O)C1=O. The number of ether oxygens (including phenoxy) is 2. The van der Waals surface area contributed by atoms with Gasteiger partial charge in [-0.05, 0) is 30.7 Å². The van der Waals surface area contributed by atoms with Crippen LogP contribution in [0.2, 0.25) is 0 Å². The second-order valence-electron chi connectivity index (χ2n) is 8.86. The molecule has 1 aliphatic rings. The van der Waals surface area contributed by atoms with Gasteiger partial charge in [-0.15, -0.1) is 0 Å². The first kappa shape index (κ1) is 26.5. The van der Waals surface area contributed by atoms with Crippen molar-refractivity contribution in [2.75, 3.05) is 19.8 Å². The minimum atomic E-state index is -0.881. The highest BCUT2D eigenvalue weighted by Crippen LogP contribution is 2.15. The third-order valence-electron chi connectivity index (χ3n) is 5.46. The van der Waals surface area contributed by atoms with Crippen LogP contribution in [0.4, 0.5) is 4.79 Å². The van der Waals surface area contributed by atoms with Crippen LogP contribution in [0.3, 0.4) is 0 Å². The van der Waals surface area contributed by atoms with E-state index in [1.54, 1.807) is 0 Å². The van der Waals surface area contributed by atoms with Crippen LogP contribution in [0.25, 0.3) is 0 Å². The largest absolute Gasteiger partial charge is 0.445 e. The Morgan fingerprint density at radius 1 is 1.12 bits per heavy atom. The molecule has 2 amide bonds. The maximum absolute atomic E-state index is 13.1. The molecular formula is C25H36N2O6. The highest BCUT2D eigenvalue weighted by molar-refractivity contribution is 6.37. The Balaban J connectivity index is 2.00. The van der Waals surface area contributed by atoms with Crippen LogP contribution in [0.15, 0.2) is 30.3 Å². The zero-order chi connectivity index (χ0) is 24.1. The number of ketones is 2. The summed E-state index contributed by atoms with van der Waals surface area (Å²) in [6, 6.07) is 8.42. The smallest absolute Gasteiger partial charge is 0.408 e. The summed E-state index contributed by atoms with van der Waals surface area (Å²) >= 11 is 0. The molecule has 0 spiro atoms. The summed E-state index contributed by atoms with van der Waals surface area (Å²) in [6.07, 6.45) is 3.14. The highest BCUT2D eigenvalue weighted by atomic mass is 16.5. The Morgan fingerprint density at radius 3 is 2.58 bits per heavy atom. The second kappa shape index (κ2) is 14.4. The highest BCUT2D eigenvalue weighted by Gasteiger charge is 2.31. The molecule has 0 aliphatic carbocycles. The van der Waals surface area contributed by atoms with Gasteiger partial charge in [-0.2, -0.15) is 0 Å². The molecular weight excluding hydrogens is 424 g/mol. The number of hydrogen-bond acceptors (Lipinski definition) is 6. The molecule has 0 saturated carbocycles. The standard InChI is InChI=1S/C25H36N2O6/c1-18(2)14-21(27-25(31)33-16-19-10-6-5-7-11-19)22(28)15-20-17-32-13-9-4-3-8-12-26-24(30)23(20)29/h5-7,10-11,18,20-21H,3-4,8-9,12-17H2,1-2H3,(H,26,30)(H,27,31). The molecule has 33 heavy (non-hydrogen) atoms. The number of rotatable bonds is 8. The van der Waals surface area contributed by atoms with Crippen molar-refractivity contribution in [2.45, 2.75) is 65.0 Å². The van der Waals surface area contributed by atoms with Gasteiger partial charge < -0.3 is 20.1 Å². The number of benzene rings is 1. The van der Waals surface area contributed by atoms with Crippen LogP contribution in [0, 0.1) is 11.8 Å². The van der Waals surface area contributed by atoms with Gasteiger partial charge >= 0.3 is 6.09 Å². The fraction of sp³-hybridized carbons (Fsp3) is 0.600. The molecule has 1 aromatic carbocycles. The molecule has 1 aromatic rings. The summed E-state index contributed by atoms with van der Waals surface area (Å²) in [5.41, 5.74) is 0.835. The Kier molecular flexibility index (Phi) is 11.6. The summed E-state index contributed by atoms with van der Waals surface area (Å²) in [4.78, 5) is 50.3. The summed E-state index contributed by atoms with van der Waals surface area (Å²) in [5.74, 6) is -2.41. The molecule has 182 valence electrons. The van der Waals surface area contributed by atoms with Gasteiger partial charge in [0.2, 0.25) is 5.78 Å². The van der Waals surface area contributed by atoms with E-state index in [2.05, 4.69) is 10.6 Å². The van der Waals surface area contributed by atoms with E-state index < -0.39 is 29.7 Å². The van der Waals surface area contributed by atoms with Gasteiger partial charge in [0, 0.05) is 19.6 Å². The average molecular weight is 461 g/mol. The molecule has 1 saturated heterocycles. The maximum atomic E-state index is 13.1. The predicted molar refractivity (Wildman–Crippen MR) is 123 cm³/mol. The predicted octanol–water partition coefficient (Wildman–Crippen LogP) is 3.18. The molecule has 1 heterocycles. The van der Waals surface area contributed by atoms with Crippen LogP contribution in [0.5, 0.6) is 0 Å². The third kappa shape index (κ3) is 10.2. The van der Waals surface area contributed by atoms with Gasteiger partial charge in [-0.25, -0.2) is 4.79 Å². The number of alkyl carbamates (subject to hydrolysis) is 1. The van der Waals surface area contributed by atoms with Crippen molar-refractivity contribution in [2.24, 2.45) is 11.8 Å². The normalized spacial score (nSPS) is 19.1. The quantitative estimate of drug-likeness (QED) is 0.577. The molecule has 2 atom stereocenters. The Bertz CT molecular complexity index is 780. The zero-order valence-corrected chi connectivity index (χ0v) is 19.6. The molecule has 1 aliphatic heterocycles. The Hall–Kier alpha value is -2.74. The molecule has 1 fully saturated rings. The molecule has 8 nitrogen and oxygen atoms in total. The van der Waals surface area contributed by atoms with E-state index in [0.717, 1.165) is 31.2 Å². The number of carbonyl (C=O) groups is 4. The van der Waals surface area contributed by atoms with Crippen molar-refractivity contribution in [3.8, 4) is 0 Å². The van der Waals surface area contributed by atoms with Crippen molar-refractivity contribution in [3.63, 3.8) is 0 Å².